The summed E-state index contributed by atoms with van der Waals surface area (Å²) in [5.74, 6) is 0.0803. The molecule has 0 heterocycles. The molecule has 0 fully saturated rings. The summed E-state index contributed by atoms with van der Waals surface area (Å²) in [5.41, 5.74) is 7.06. The zero-order valence-corrected chi connectivity index (χ0v) is 8.98. The van der Waals surface area contributed by atoms with Gasteiger partial charge in [-0.3, -0.25) is 4.79 Å². The molecule has 3 N–H and O–H groups in total. The van der Waals surface area contributed by atoms with Crippen LogP contribution in [-0.4, -0.2) is 17.6 Å². The summed E-state index contributed by atoms with van der Waals surface area (Å²) in [6.07, 6.45) is 2.37. The molecule has 1 aliphatic carbocycles. The van der Waals surface area contributed by atoms with Crippen LogP contribution >= 0.6 is 0 Å². The lowest BCUT2D eigenvalue weighted by atomic mass is 9.89. The number of carbonyl (C=O) groups excluding carboxylic acids is 1. The smallest absolute Gasteiger partial charge is 0.255 e. The summed E-state index contributed by atoms with van der Waals surface area (Å²) in [6.45, 7) is -0.130. The third-order valence-electron chi connectivity index (χ3n) is 2.78. The summed E-state index contributed by atoms with van der Waals surface area (Å²) in [7, 11) is 0. The zero-order valence-electron chi connectivity index (χ0n) is 8.98. The van der Waals surface area contributed by atoms with Crippen molar-refractivity contribution in [3.8, 4) is 5.75 Å². The van der Waals surface area contributed by atoms with Crippen molar-refractivity contribution < 1.29 is 14.6 Å². The lowest BCUT2D eigenvalue weighted by Crippen LogP contribution is -2.20. The van der Waals surface area contributed by atoms with Gasteiger partial charge in [0.2, 0.25) is 0 Å². The normalized spacial score (nSPS) is 18.9. The standard InChI is InChI=1S/C12H15NO3/c13-12(15)7-16-9-5-4-8-2-1-3-11(14)10(8)6-9/h4-6,11,14H,1-3,7H2,(H2,13,15). The van der Waals surface area contributed by atoms with Gasteiger partial charge in [0.1, 0.15) is 5.75 Å². The van der Waals surface area contributed by atoms with Crippen LogP contribution in [0.15, 0.2) is 18.2 Å². The molecule has 0 saturated carbocycles. The monoisotopic (exact) mass is 221 g/mol. The Hall–Kier alpha value is -1.55. The minimum absolute atomic E-state index is 0.130. The number of carbonyl (C=O) groups is 1. The number of fused-ring (bicyclic) bond motifs is 1. The molecule has 1 amide bonds. The molecule has 1 aromatic rings. The molecule has 0 saturated heterocycles. The Morgan fingerprint density at radius 2 is 2.38 bits per heavy atom. The maximum absolute atomic E-state index is 10.6. The number of nitrogens with two attached hydrogens (primary N) is 1. The van der Waals surface area contributed by atoms with Gasteiger partial charge < -0.3 is 15.6 Å². The van der Waals surface area contributed by atoms with E-state index in [9.17, 15) is 9.90 Å². The number of hydrogen-bond donors (Lipinski definition) is 2. The van der Waals surface area contributed by atoms with Gasteiger partial charge in [-0.25, -0.2) is 0 Å². The van der Waals surface area contributed by atoms with Gasteiger partial charge in [-0.15, -0.1) is 0 Å². The van der Waals surface area contributed by atoms with E-state index in [2.05, 4.69) is 0 Å². The molecule has 86 valence electrons. The average molecular weight is 221 g/mol. The topological polar surface area (TPSA) is 72.6 Å². The van der Waals surface area contributed by atoms with Crippen molar-refractivity contribution in [1.29, 1.82) is 0 Å². The van der Waals surface area contributed by atoms with E-state index in [-0.39, 0.29) is 6.61 Å². The molecule has 0 bridgehead atoms. The molecule has 0 aromatic heterocycles. The SMILES string of the molecule is NC(=O)COc1ccc2c(c1)C(O)CCC2. The maximum atomic E-state index is 10.6. The molecule has 1 aliphatic rings. The molecule has 1 aromatic carbocycles. The van der Waals surface area contributed by atoms with E-state index in [1.807, 2.05) is 6.07 Å². The number of ether oxygens (including phenoxy) is 1. The Bertz CT molecular complexity index is 403. The molecule has 0 spiro atoms. The summed E-state index contributed by atoms with van der Waals surface area (Å²) in [6, 6.07) is 5.54. The second-order valence-corrected chi connectivity index (χ2v) is 4.02. The first-order valence-corrected chi connectivity index (χ1v) is 5.39. The van der Waals surface area contributed by atoms with E-state index in [0.29, 0.717) is 5.75 Å². The zero-order chi connectivity index (χ0) is 11.5. The fourth-order valence-electron chi connectivity index (χ4n) is 2.00. The number of aliphatic hydroxyl groups is 1. The van der Waals surface area contributed by atoms with Gasteiger partial charge in [0.05, 0.1) is 6.10 Å². The van der Waals surface area contributed by atoms with Gasteiger partial charge in [0.25, 0.3) is 5.91 Å². The van der Waals surface area contributed by atoms with E-state index in [1.165, 1.54) is 0 Å². The Balaban J connectivity index is 2.17. The number of benzene rings is 1. The second kappa shape index (κ2) is 4.53. The third kappa shape index (κ3) is 2.33. The molecule has 4 nitrogen and oxygen atoms in total. The first-order chi connectivity index (χ1) is 7.66. The highest BCUT2D eigenvalue weighted by molar-refractivity contribution is 5.75. The Labute approximate surface area is 94.0 Å². The van der Waals surface area contributed by atoms with Crippen molar-refractivity contribution in [1.82, 2.24) is 0 Å². The Morgan fingerprint density at radius 1 is 1.56 bits per heavy atom. The second-order valence-electron chi connectivity index (χ2n) is 4.02. The number of aliphatic hydroxyl groups excluding tert-OH is 1. The number of primary amides is 1. The minimum Gasteiger partial charge on any atom is -0.484 e. The van der Waals surface area contributed by atoms with E-state index >= 15 is 0 Å². The lowest BCUT2D eigenvalue weighted by Gasteiger charge is -2.21. The van der Waals surface area contributed by atoms with E-state index < -0.39 is 12.0 Å². The van der Waals surface area contributed by atoms with Crippen molar-refractivity contribution in [2.45, 2.75) is 25.4 Å². The molecule has 0 radical (unpaired) electrons. The van der Waals surface area contributed by atoms with Crippen molar-refractivity contribution in [3.05, 3.63) is 29.3 Å². The van der Waals surface area contributed by atoms with Gasteiger partial charge in [-0.2, -0.15) is 0 Å². The van der Waals surface area contributed by atoms with Gasteiger partial charge >= 0.3 is 0 Å². The van der Waals surface area contributed by atoms with Crippen LogP contribution in [0.2, 0.25) is 0 Å². The molecule has 1 unspecified atom stereocenters. The van der Waals surface area contributed by atoms with Crippen LogP contribution in [0.25, 0.3) is 0 Å². The largest absolute Gasteiger partial charge is 0.484 e. The van der Waals surface area contributed by atoms with Crippen LogP contribution in [0, 0.1) is 0 Å². The summed E-state index contributed by atoms with van der Waals surface area (Å²) >= 11 is 0. The van der Waals surface area contributed by atoms with Gasteiger partial charge in [-0.05, 0) is 42.5 Å². The third-order valence-corrected chi connectivity index (χ3v) is 2.78. The highest BCUT2D eigenvalue weighted by atomic mass is 16.5. The van der Waals surface area contributed by atoms with Crippen molar-refractivity contribution in [2.24, 2.45) is 5.73 Å². The van der Waals surface area contributed by atoms with Crippen molar-refractivity contribution >= 4 is 5.91 Å². The predicted molar refractivity (Wildman–Crippen MR) is 59.0 cm³/mol. The highest BCUT2D eigenvalue weighted by Crippen LogP contribution is 2.32. The minimum atomic E-state index is -0.502. The summed E-state index contributed by atoms with van der Waals surface area (Å²) in [4.78, 5) is 10.6. The van der Waals surface area contributed by atoms with Crippen LogP contribution in [0.4, 0.5) is 0 Å². The van der Waals surface area contributed by atoms with Gasteiger partial charge in [-0.1, -0.05) is 6.07 Å². The van der Waals surface area contributed by atoms with Crippen LogP contribution < -0.4 is 10.5 Å². The molecule has 0 aliphatic heterocycles. The van der Waals surface area contributed by atoms with E-state index in [1.54, 1.807) is 12.1 Å². The van der Waals surface area contributed by atoms with Crippen LogP contribution in [-0.2, 0) is 11.2 Å². The fourth-order valence-corrected chi connectivity index (χ4v) is 2.00. The van der Waals surface area contributed by atoms with E-state index in [4.69, 9.17) is 10.5 Å². The fraction of sp³-hybridized carbons (Fsp3) is 0.417. The molecular formula is C12H15NO3. The summed E-state index contributed by atoms with van der Waals surface area (Å²) < 4.78 is 5.20. The Morgan fingerprint density at radius 3 is 3.12 bits per heavy atom. The molecule has 4 heteroatoms. The number of aryl methyl sites for hydroxylation is 1. The predicted octanol–water partition coefficient (Wildman–Crippen LogP) is 0.920. The van der Waals surface area contributed by atoms with Crippen molar-refractivity contribution in [3.63, 3.8) is 0 Å². The lowest BCUT2D eigenvalue weighted by molar-refractivity contribution is -0.119. The van der Waals surface area contributed by atoms with Crippen molar-refractivity contribution in [2.75, 3.05) is 6.61 Å². The quantitative estimate of drug-likeness (QED) is 0.797. The van der Waals surface area contributed by atoms with Crippen LogP contribution in [0.3, 0.4) is 0 Å². The highest BCUT2D eigenvalue weighted by Gasteiger charge is 2.18. The molecule has 2 rings (SSSR count). The van der Waals surface area contributed by atoms with Gasteiger partial charge in [0.15, 0.2) is 6.61 Å². The molecule has 16 heavy (non-hydrogen) atoms. The summed E-state index contributed by atoms with van der Waals surface area (Å²) in [5, 5.41) is 9.82. The van der Waals surface area contributed by atoms with Crippen LogP contribution in [0.5, 0.6) is 5.75 Å². The Kier molecular flexibility index (Phi) is 3.10. The van der Waals surface area contributed by atoms with Crippen LogP contribution in [0.1, 0.15) is 30.1 Å². The maximum Gasteiger partial charge on any atom is 0.255 e. The number of rotatable bonds is 3. The van der Waals surface area contributed by atoms with Gasteiger partial charge in [0, 0.05) is 0 Å². The first kappa shape index (κ1) is 11.0. The first-order valence-electron chi connectivity index (χ1n) is 5.39. The average Bonchev–Trinajstić information content (AvgIpc) is 2.27. The molecular weight excluding hydrogens is 206 g/mol. The number of amides is 1. The molecule has 1 atom stereocenters. The number of hydrogen-bond acceptors (Lipinski definition) is 3. The van der Waals surface area contributed by atoms with E-state index in [0.717, 1.165) is 30.4 Å².